The summed E-state index contributed by atoms with van der Waals surface area (Å²) in [5, 5.41) is 0. The fraction of sp³-hybridized carbons (Fsp3) is 0.600. The summed E-state index contributed by atoms with van der Waals surface area (Å²) in [6, 6.07) is 10.8. The molecule has 16 heavy (non-hydrogen) atoms. The maximum absolute atomic E-state index is 6.03. The highest BCUT2D eigenvalue weighted by Crippen LogP contribution is 2.57. The lowest BCUT2D eigenvalue weighted by molar-refractivity contribution is 0.264. The fourth-order valence-corrected chi connectivity index (χ4v) is 3.19. The molecule has 0 bridgehead atoms. The van der Waals surface area contributed by atoms with E-state index in [0.717, 1.165) is 11.8 Å². The Morgan fingerprint density at radius 1 is 1.25 bits per heavy atom. The van der Waals surface area contributed by atoms with Gasteiger partial charge in [-0.05, 0) is 36.7 Å². The lowest BCUT2D eigenvalue weighted by Gasteiger charge is -2.27. The predicted octanol–water partition coefficient (Wildman–Crippen LogP) is 3.74. The Balaban J connectivity index is 1.77. The summed E-state index contributed by atoms with van der Waals surface area (Å²) in [5.41, 5.74) is 1.49. The highest BCUT2D eigenvalue weighted by molar-refractivity contribution is 5.30. The Hall–Kier alpha value is -0.820. The molecule has 1 saturated carbocycles. The van der Waals surface area contributed by atoms with Crippen molar-refractivity contribution in [3.8, 4) is 0 Å². The van der Waals surface area contributed by atoms with Gasteiger partial charge in [-0.25, -0.2) is 0 Å². The standard InChI is InChI=1S/C15H20O/c1-11(2)12-8-9-15(14(10-12)16-15)13-6-4-3-5-7-13/h3-7,11-12,14H,8-10H2,1-2H3/t12-,14-,15+/m1/s1. The van der Waals surface area contributed by atoms with E-state index in [2.05, 4.69) is 44.2 Å². The summed E-state index contributed by atoms with van der Waals surface area (Å²) in [7, 11) is 0. The number of ether oxygens (including phenoxy) is 1. The Kier molecular flexibility index (Phi) is 2.32. The minimum absolute atomic E-state index is 0.104. The molecular formula is C15H20O. The Morgan fingerprint density at radius 2 is 2.00 bits per heavy atom. The van der Waals surface area contributed by atoms with Crippen molar-refractivity contribution in [2.45, 2.75) is 44.8 Å². The van der Waals surface area contributed by atoms with Crippen molar-refractivity contribution in [1.82, 2.24) is 0 Å². The molecule has 0 aromatic heterocycles. The van der Waals surface area contributed by atoms with E-state index in [9.17, 15) is 0 Å². The zero-order valence-electron chi connectivity index (χ0n) is 10.1. The molecular weight excluding hydrogens is 196 g/mol. The van der Waals surface area contributed by atoms with E-state index >= 15 is 0 Å². The average molecular weight is 216 g/mol. The molecule has 1 nitrogen and oxygen atoms in total. The molecule has 0 amide bonds. The molecule has 0 N–H and O–H groups in total. The largest absolute Gasteiger partial charge is 0.361 e. The van der Waals surface area contributed by atoms with Gasteiger partial charge in [-0.3, -0.25) is 0 Å². The summed E-state index contributed by atoms with van der Waals surface area (Å²) in [5.74, 6) is 1.67. The third-order valence-corrected chi connectivity index (χ3v) is 4.42. The lowest BCUT2D eigenvalue weighted by atomic mass is 9.75. The second-order valence-corrected chi connectivity index (χ2v) is 5.64. The third-order valence-electron chi connectivity index (χ3n) is 4.42. The fourth-order valence-electron chi connectivity index (χ4n) is 3.19. The van der Waals surface area contributed by atoms with Gasteiger partial charge in [0.2, 0.25) is 0 Å². The van der Waals surface area contributed by atoms with Crippen molar-refractivity contribution in [1.29, 1.82) is 0 Å². The molecule has 1 saturated heterocycles. The van der Waals surface area contributed by atoms with Crippen LogP contribution in [0.4, 0.5) is 0 Å². The number of epoxide rings is 1. The van der Waals surface area contributed by atoms with E-state index in [-0.39, 0.29) is 5.60 Å². The van der Waals surface area contributed by atoms with Crippen LogP contribution in [0, 0.1) is 11.8 Å². The maximum Gasteiger partial charge on any atom is 0.120 e. The van der Waals surface area contributed by atoms with Gasteiger partial charge in [0.1, 0.15) is 5.60 Å². The molecule has 2 aliphatic rings. The number of rotatable bonds is 2. The van der Waals surface area contributed by atoms with Gasteiger partial charge in [-0.1, -0.05) is 44.2 Å². The Labute approximate surface area is 97.8 Å². The number of hydrogen-bond acceptors (Lipinski definition) is 1. The number of hydrogen-bond donors (Lipinski definition) is 0. The Bertz CT molecular complexity index is 370. The van der Waals surface area contributed by atoms with Gasteiger partial charge in [0, 0.05) is 0 Å². The van der Waals surface area contributed by atoms with Crippen LogP contribution >= 0.6 is 0 Å². The average Bonchev–Trinajstić information content (AvgIpc) is 3.04. The van der Waals surface area contributed by atoms with Gasteiger partial charge >= 0.3 is 0 Å². The monoisotopic (exact) mass is 216 g/mol. The normalized spacial score (nSPS) is 37.2. The van der Waals surface area contributed by atoms with Crippen LogP contribution in [0.5, 0.6) is 0 Å². The lowest BCUT2D eigenvalue weighted by Crippen LogP contribution is -2.25. The molecule has 0 radical (unpaired) electrons. The van der Waals surface area contributed by atoms with Crippen LogP contribution < -0.4 is 0 Å². The Morgan fingerprint density at radius 3 is 2.62 bits per heavy atom. The second-order valence-electron chi connectivity index (χ2n) is 5.64. The predicted molar refractivity (Wildman–Crippen MR) is 65.2 cm³/mol. The van der Waals surface area contributed by atoms with E-state index in [1.54, 1.807) is 0 Å². The minimum atomic E-state index is 0.104. The molecule has 1 heteroatoms. The smallest absolute Gasteiger partial charge is 0.120 e. The van der Waals surface area contributed by atoms with Crippen molar-refractivity contribution in [3.05, 3.63) is 35.9 Å². The van der Waals surface area contributed by atoms with Crippen molar-refractivity contribution in [2.24, 2.45) is 11.8 Å². The molecule has 1 aromatic rings. The molecule has 0 unspecified atom stereocenters. The molecule has 0 spiro atoms. The van der Waals surface area contributed by atoms with Crippen LogP contribution in [0.2, 0.25) is 0 Å². The van der Waals surface area contributed by atoms with Crippen molar-refractivity contribution in [3.63, 3.8) is 0 Å². The first-order valence-corrected chi connectivity index (χ1v) is 6.46. The van der Waals surface area contributed by atoms with Crippen LogP contribution in [0.1, 0.15) is 38.7 Å². The molecule has 2 fully saturated rings. The summed E-state index contributed by atoms with van der Waals surface area (Å²) >= 11 is 0. The van der Waals surface area contributed by atoms with Crippen LogP contribution in [0.25, 0.3) is 0 Å². The SMILES string of the molecule is CC(C)[C@@H]1CC[C@@]2(c3ccccc3)O[C@@H]2C1. The summed E-state index contributed by atoms with van der Waals surface area (Å²) in [4.78, 5) is 0. The highest BCUT2D eigenvalue weighted by atomic mass is 16.6. The van der Waals surface area contributed by atoms with Crippen molar-refractivity contribution < 1.29 is 4.74 Å². The first-order chi connectivity index (χ1) is 7.72. The van der Waals surface area contributed by atoms with E-state index < -0.39 is 0 Å². The van der Waals surface area contributed by atoms with Gasteiger partial charge in [-0.15, -0.1) is 0 Å². The second kappa shape index (κ2) is 3.59. The first kappa shape index (κ1) is 10.3. The molecule has 1 aliphatic carbocycles. The molecule has 1 aromatic carbocycles. The summed E-state index contributed by atoms with van der Waals surface area (Å²) in [6.07, 6.45) is 4.29. The van der Waals surface area contributed by atoms with Gasteiger partial charge in [0.15, 0.2) is 0 Å². The number of fused-ring (bicyclic) bond motifs is 1. The number of benzene rings is 1. The maximum atomic E-state index is 6.03. The third kappa shape index (κ3) is 1.49. The summed E-state index contributed by atoms with van der Waals surface area (Å²) in [6.45, 7) is 4.67. The quantitative estimate of drug-likeness (QED) is 0.686. The van der Waals surface area contributed by atoms with Gasteiger partial charge in [-0.2, -0.15) is 0 Å². The van der Waals surface area contributed by atoms with E-state index in [1.165, 1.54) is 24.8 Å². The van der Waals surface area contributed by atoms with E-state index in [1.807, 2.05) is 0 Å². The zero-order valence-corrected chi connectivity index (χ0v) is 10.1. The van der Waals surface area contributed by atoms with Crippen LogP contribution in [0.15, 0.2) is 30.3 Å². The van der Waals surface area contributed by atoms with Crippen molar-refractivity contribution >= 4 is 0 Å². The first-order valence-electron chi connectivity index (χ1n) is 6.46. The zero-order chi connectivity index (χ0) is 11.2. The van der Waals surface area contributed by atoms with Gasteiger partial charge < -0.3 is 4.74 Å². The van der Waals surface area contributed by atoms with Crippen LogP contribution in [-0.2, 0) is 10.3 Å². The summed E-state index contributed by atoms with van der Waals surface area (Å²) < 4.78 is 6.03. The van der Waals surface area contributed by atoms with Crippen molar-refractivity contribution in [2.75, 3.05) is 0 Å². The van der Waals surface area contributed by atoms with Gasteiger partial charge in [0.25, 0.3) is 0 Å². The van der Waals surface area contributed by atoms with Crippen LogP contribution in [0.3, 0.4) is 0 Å². The van der Waals surface area contributed by atoms with E-state index in [4.69, 9.17) is 4.74 Å². The molecule has 3 rings (SSSR count). The molecule has 1 heterocycles. The molecule has 1 aliphatic heterocycles. The van der Waals surface area contributed by atoms with Crippen LogP contribution in [-0.4, -0.2) is 6.10 Å². The topological polar surface area (TPSA) is 12.5 Å². The molecule has 3 atom stereocenters. The van der Waals surface area contributed by atoms with Gasteiger partial charge in [0.05, 0.1) is 6.10 Å². The highest BCUT2D eigenvalue weighted by Gasteiger charge is 2.60. The molecule has 86 valence electrons. The van der Waals surface area contributed by atoms with E-state index in [0.29, 0.717) is 6.10 Å². The minimum Gasteiger partial charge on any atom is -0.361 e.